The average Bonchev–Trinajstić information content (AvgIpc) is 2.60. The van der Waals surface area contributed by atoms with E-state index in [2.05, 4.69) is 28.7 Å². The lowest BCUT2D eigenvalue weighted by Crippen LogP contribution is -1.88. The van der Waals surface area contributed by atoms with Crippen LogP contribution in [-0.2, 0) is 6.42 Å². The first kappa shape index (κ1) is 10.2. The molecule has 0 atom stereocenters. The van der Waals surface area contributed by atoms with Gasteiger partial charge in [0, 0.05) is 8.27 Å². The molecule has 14 heavy (non-hydrogen) atoms. The molecule has 4 heteroatoms. The Labute approximate surface area is 104 Å². The number of thiophene rings is 1. The van der Waals surface area contributed by atoms with Gasteiger partial charge < -0.3 is 0 Å². The molecule has 0 bridgehead atoms. The minimum atomic E-state index is 0.426. The van der Waals surface area contributed by atoms with E-state index in [0.29, 0.717) is 6.42 Å². The Morgan fingerprint density at radius 3 is 3.07 bits per heavy atom. The maximum atomic E-state index is 8.74. The summed E-state index contributed by atoms with van der Waals surface area (Å²) in [5.41, 5.74) is 1.06. The van der Waals surface area contributed by atoms with Crippen LogP contribution in [0.3, 0.4) is 0 Å². The van der Waals surface area contributed by atoms with E-state index in [4.69, 9.17) is 16.9 Å². The van der Waals surface area contributed by atoms with Crippen molar-refractivity contribution in [2.75, 3.05) is 0 Å². The fourth-order valence-electron chi connectivity index (χ4n) is 1.36. The van der Waals surface area contributed by atoms with Gasteiger partial charge in [-0.1, -0.05) is 11.6 Å². The normalized spacial score (nSPS) is 10.4. The highest BCUT2D eigenvalue weighted by Crippen LogP contribution is 2.33. The lowest BCUT2D eigenvalue weighted by Gasteiger charge is -2.04. The molecule has 0 saturated carbocycles. The largest absolute Gasteiger partial charge is 0.198 e. The molecule has 0 radical (unpaired) electrons. The summed E-state index contributed by atoms with van der Waals surface area (Å²) in [6, 6.07) is 6.16. The molecule has 0 amide bonds. The van der Waals surface area contributed by atoms with Gasteiger partial charge >= 0.3 is 0 Å². The first-order valence-electron chi connectivity index (χ1n) is 3.95. The van der Waals surface area contributed by atoms with Crippen LogP contribution in [0.1, 0.15) is 5.56 Å². The molecule has 1 heterocycles. The van der Waals surface area contributed by atoms with Crippen LogP contribution >= 0.6 is 45.5 Å². The Hall–Kier alpha value is -0.310. The second-order valence-corrected chi connectivity index (χ2v) is 5.23. The van der Waals surface area contributed by atoms with E-state index < -0.39 is 0 Å². The van der Waals surface area contributed by atoms with Crippen molar-refractivity contribution in [2.45, 2.75) is 6.42 Å². The molecular formula is C10H5ClINS. The van der Waals surface area contributed by atoms with E-state index in [0.717, 1.165) is 19.5 Å². The van der Waals surface area contributed by atoms with Crippen molar-refractivity contribution in [3.8, 4) is 6.07 Å². The molecule has 2 aromatic rings. The van der Waals surface area contributed by atoms with Crippen LogP contribution in [-0.4, -0.2) is 0 Å². The molecule has 0 aliphatic carbocycles. The van der Waals surface area contributed by atoms with Crippen molar-refractivity contribution in [3.05, 3.63) is 31.7 Å². The van der Waals surface area contributed by atoms with Gasteiger partial charge in [0.15, 0.2) is 0 Å². The Morgan fingerprint density at radius 1 is 1.57 bits per heavy atom. The second kappa shape index (κ2) is 4.05. The summed E-state index contributed by atoms with van der Waals surface area (Å²) < 4.78 is 2.18. The maximum absolute atomic E-state index is 8.74. The van der Waals surface area contributed by atoms with Gasteiger partial charge in [-0.2, -0.15) is 5.26 Å². The Balaban J connectivity index is 2.81. The third-order valence-electron chi connectivity index (χ3n) is 1.98. The van der Waals surface area contributed by atoms with Crippen LogP contribution in [0.15, 0.2) is 17.5 Å². The zero-order valence-corrected chi connectivity index (χ0v) is 10.8. The van der Waals surface area contributed by atoms with E-state index in [9.17, 15) is 0 Å². The number of nitriles is 1. The molecule has 2 rings (SSSR count). The lowest BCUT2D eigenvalue weighted by atomic mass is 10.1. The fourth-order valence-corrected chi connectivity index (χ4v) is 3.32. The van der Waals surface area contributed by atoms with E-state index >= 15 is 0 Å². The fraction of sp³-hybridized carbons (Fsp3) is 0.100. The van der Waals surface area contributed by atoms with Gasteiger partial charge in [0.1, 0.15) is 0 Å². The number of nitrogens with zero attached hydrogens (tertiary/aromatic N) is 1. The number of fused-ring (bicyclic) bond motifs is 1. The molecule has 1 aromatic carbocycles. The minimum Gasteiger partial charge on any atom is -0.198 e. The van der Waals surface area contributed by atoms with Crippen molar-refractivity contribution < 1.29 is 0 Å². The van der Waals surface area contributed by atoms with Crippen LogP contribution in [0.5, 0.6) is 0 Å². The Morgan fingerprint density at radius 2 is 2.36 bits per heavy atom. The van der Waals surface area contributed by atoms with Gasteiger partial charge in [-0.25, -0.2) is 0 Å². The number of halogens is 2. The summed E-state index contributed by atoms with van der Waals surface area (Å²) in [4.78, 5) is 0. The first-order chi connectivity index (χ1) is 6.74. The van der Waals surface area contributed by atoms with E-state index in [-0.39, 0.29) is 0 Å². The second-order valence-electron chi connectivity index (χ2n) is 2.82. The molecule has 70 valence electrons. The van der Waals surface area contributed by atoms with Gasteiger partial charge in [-0.05, 0) is 51.1 Å². The molecule has 1 aromatic heterocycles. The van der Waals surface area contributed by atoms with E-state index in [1.165, 1.54) is 4.70 Å². The topological polar surface area (TPSA) is 23.8 Å². The summed E-state index contributed by atoms with van der Waals surface area (Å²) in [7, 11) is 0. The molecule has 0 aliphatic heterocycles. The quantitative estimate of drug-likeness (QED) is 0.717. The van der Waals surface area contributed by atoms with Crippen molar-refractivity contribution in [1.82, 2.24) is 0 Å². The summed E-state index contributed by atoms with van der Waals surface area (Å²) in [5.74, 6) is 0. The highest BCUT2D eigenvalue weighted by atomic mass is 127. The zero-order chi connectivity index (χ0) is 10.1. The van der Waals surface area contributed by atoms with E-state index in [1.807, 2.05) is 17.5 Å². The van der Waals surface area contributed by atoms with Crippen molar-refractivity contribution >= 4 is 55.6 Å². The van der Waals surface area contributed by atoms with Gasteiger partial charge in [0.25, 0.3) is 0 Å². The summed E-state index contributed by atoms with van der Waals surface area (Å²) in [6.07, 6.45) is 0.426. The standard InChI is InChI=1S/C10H5ClINS/c11-8-5-6-2-4-14-10(6)7(1-3-13)9(8)12/h2,4-5H,1H2. The van der Waals surface area contributed by atoms with Gasteiger partial charge in [-0.3, -0.25) is 0 Å². The number of hydrogen-bond acceptors (Lipinski definition) is 2. The van der Waals surface area contributed by atoms with Crippen LogP contribution in [0.4, 0.5) is 0 Å². The summed E-state index contributed by atoms with van der Waals surface area (Å²) >= 11 is 9.93. The van der Waals surface area contributed by atoms with Crippen LogP contribution in [0, 0.1) is 14.9 Å². The highest BCUT2D eigenvalue weighted by Gasteiger charge is 2.10. The van der Waals surface area contributed by atoms with Crippen molar-refractivity contribution in [3.63, 3.8) is 0 Å². The Kier molecular flexibility index (Phi) is 2.96. The number of rotatable bonds is 1. The predicted octanol–water partition coefficient (Wildman–Crippen LogP) is 4.23. The summed E-state index contributed by atoms with van der Waals surface area (Å²) in [6.45, 7) is 0. The average molecular weight is 334 g/mol. The minimum absolute atomic E-state index is 0.426. The monoisotopic (exact) mass is 333 g/mol. The molecular weight excluding hydrogens is 329 g/mol. The van der Waals surface area contributed by atoms with Crippen molar-refractivity contribution in [1.29, 1.82) is 5.26 Å². The lowest BCUT2D eigenvalue weighted by molar-refractivity contribution is 1.28. The van der Waals surface area contributed by atoms with Gasteiger partial charge in [0.05, 0.1) is 17.5 Å². The molecule has 0 aliphatic rings. The first-order valence-corrected chi connectivity index (χ1v) is 6.28. The number of benzene rings is 1. The highest BCUT2D eigenvalue weighted by molar-refractivity contribution is 14.1. The van der Waals surface area contributed by atoms with Crippen LogP contribution in [0.2, 0.25) is 5.02 Å². The van der Waals surface area contributed by atoms with Crippen LogP contribution in [0.25, 0.3) is 10.1 Å². The summed E-state index contributed by atoms with van der Waals surface area (Å²) in [5, 5.41) is 12.6. The van der Waals surface area contributed by atoms with Gasteiger partial charge in [-0.15, -0.1) is 11.3 Å². The Bertz CT molecular complexity index is 527. The molecule has 0 unspecified atom stereocenters. The third-order valence-corrected chi connectivity index (χ3v) is 4.82. The maximum Gasteiger partial charge on any atom is 0.0670 e. The third kappa shape index (κ3) is 1.62. The smallest absolute Gasteiger partial charge is 0.0670 e. The molecule has 0 fully saturated rings. The predicted molar refractivity (Wildman–Crippen MR) is 68.9 cm³/mol. The molecule has 0 spiro atoms. The zero-order valence-electron chi connectivity index (χ0n) is 7.05. The molecule has 0 saturated heterocycles. The van der Waals surface area contributed by atoms with E-state index in [1.54, 1.807) is 11.3 Å². The van der Waals surface area contributed by atoms with Crippen LogP contribution < -0.4 is 0 Å². The number of hydrogen-bond donors (Lipinski definition) is 0. The SMILES string of the molecule is N#CCc1c(I)c(Cl)cc2ccsc12. The van der Waals surface area contributed by atoms with Crippen molar-refractivity contribution in [2.24, 2.45) is 0 Å². The van der Waals surface area contributed by atoms with Gasteiger partial charge in [0.2, 0.25) is 0 Å². The molecule has 0 N–H and O–H groups in total. The molecule has 1 nitrogen and oxygen atoms in total.